The molecule has 0 amide bonds. The Labute approximate surface area is 99.1 Å². The lowest BCUT2D eigenvalue weighted by atomic mass is 10.2. The summed E-state index contributed by atoms with van der Waals surface area (Å²) >= 11 is 0. The molecular weight excluding hydrogens is 218 g/mol. The number of aromatic hydroxyl groups is 1. The van der Waals surface area contributed by atoms with Crippen LogP contribution in [0.5, 0.6) is 11.5 Å². The standard InChI is InChI=1S/C12H13N3O2/c1-13-11-5-6-14-12(15-11)8-3-4-9(16)10(7-8)17-2/h3-7,16H,1-2H3,(H,13,14,15). The SMILES string of the molecule is CNc1ccnc(-c2ccc(O)c(OC)c2)n1. The van der Waals surface area contributed by atoms with Gasteiger partial charge in [-0.3, -0.25) is 0 Å². The molecule has 0 atom stereocenters. The summed E-state index contributed by atoms with van der Waals surface area (Å²) < 4.78 is 5.04. The molecule has 2 N–H and O–H groups in total. The minimum Gasteiger partial charge on any atom is -0.504 e. The van der Waals surface area contributed by atoms with E-state index in [0.717, 1.165) is 11.4 Å². The van der Waals surface area contributed by atoms with Crippen LogP contribution >= 0.6 is 0 Å². The highest BCUT2D eigenvalue weighted by Gasteiger charge is 2.07. The molecule has 17 heavy (non-hydrogen) atoms. The molecular formula is C12H13N3O2. The number of phenolic OH excluding ortho intramolecular Hbond substituents is 1. The van der Waals surface area contributed by atoms with Crippen molar-refractivity contribution in [1.29, 1.82) is 0 Å². The number of rotatable bonds is 3. The van der Waals surface area contributed by atoms with Gasteiger partial charge in [0.05, 0.1) is 7.11 Å². The first-order valence-electron chi connectivity index (χ1n) is 5.13. The summed E-state index contributed by atoms with van der Waals surface area (Å²) in [6.07, 6.45) is 1.67. The molecule has 1 aromatic carbocycles. The van der Waals surface area contributed by atoms with Gasteiger partial charge in [0, 0.05) is 18.8 Å². The van der Waals surface area contributed by atoms with Gasteiger partial charge in [-0.15, -0.1) is 0 Å². The summed E-state index contributed by atoms with van der Waals surface area (Å²) in [6, 6.07) is 6.78. The summed E-state index contributed by atoms with van der Waals surface area (Å²) in [6.45, 7) is 0. The van der Waals surface area contributed by atoms with Crippen molar-refractivity contribution in [3.05, 3.63) is 30.5 Å². The fourth-order valence-corrected chi connectivity index (χ4v) is 1.45. The van der Waals surface area contributed by atoms with Gasteiger partial charge in [-0.05, 0) is 24.3 Å². The second-order valence-corrected chi connectivity index (χ2v) is 3.40. The van der Waals surface area contributed by atoms with Crippen molar-refractivity contribution in [1.82, 2.24) is 9.97 Å². The van der Waals surface area contributed by atoms with Gasteiger partial charge in [-0.1, -0.05) is 0 Å². The second kappa shape index (κ2) is 4.69. The zero-order valence-electron chi connectivity index (χ0n) is 9.64. The minimum absolute atomic E-state index is 0.0982. The van der Waals surface area contributed by atoms with Gasteiger partial charge in [0.1, 0.15) is 5.82 Å². The quantitative estimate of drug-likeness (QED) is 0.844. The zero-order chi connectivity index (χ0) is 12.3. The molecule has 5 heteroatoms. The number of anilines is 1. The van der Waals surface area contributed by atoms with Gasteiger partial charge in [-0.25, -0.2) is 9.97 Å². The van der Waals surface area contributed by atoms with Gasteiger partial charge >= 0.3 is 0 Å². The number of nitrogens with one attached hydrogen (secondary N) is 1. The van der Waals surface area contributed by atoms with Gasteiger partial charge in [0.2, 0.25) is 0 Å². The molecule has 0 spiro atoms. The molecule has 0 saturated heterocycles. The first kappa shape index (κ1) is 11.2. The maximum atomic E-state index is 9.50. The van der Waals surface area contributed by atoms with Crippen LogP contribution in [-0.2, 0) is 0 Å². The lowest BCUT2D eigenvalue weighted by molar-refractivity contribution is 0.373. The smallest absolute Gasteiger partial charge is 0.161 e. The molecule has 0 bridgehead atoms. The van der Waals surface area contributed by atoms with Crippen molar-refractivity contribution in [2.45, 2.75) is 0 Å². The Morgan fingerprint density at radius 3 is 2.82 bits per heavy atom. The largest absolute Gasteiger partial charge is 0.504 e. The number of nitrogens with zero attached hydrogens (tertiary/aromatic N) is 2. The van der Waals surface area contributed by atoms with Crippen molar-refractivity contribution < 1.29 is 9.84 Å². The van der Waals surface area contributed by atoms with Crippen LogP contribution in [0.4, 0.5) is 5.82 Å². The van der Waals surface area contributed by atoms with Crippen molar-refractivity contribution in [2.24, 2.45) is 0 Å². The van der Waals surface area contributed by atoms with E-state index in [0.29, 0.717) is 11.6 Å². The van der Waals surface area contributed by atoms with E-state index in [1.807, 2.05) is 0 Å². The molecule has 1 heterocycles. The van der Waals surface area contributed by atoms with E-state index >= 15 is 0 Å². The zero-order valence-corrected chi connectivity index (χ0v) is 9.64. The van der Waals surface area contributed by atoms with E-state index < -0.39 is 0 Å². The first-order valence-corrected chi connectivity index (χ1v) is 5.13. The van der Waals surface area contributed by atoms with Crippen LogP contribution in [0.2, 0.25) is 0 Å². The van der Waals surface area contributed by atoms with Crippen molar-refractivity contribution >= 4 is 5.82 Å². The lowest BCUT2D eigenvalue weighted by Crippen LogP contribution is -1.96. The van der Waals surface area contributed by atoms with Gasteiger partial charge in [0.15, 0.2) is 17.3 Å². The van der Waals surface area contributed by atoms with E-state index in [2.05, 4.69) is 15.3 Å². The lowest BCUT2D eigenvalue weighted by Gasteiger charge is -2.06. The fraction of sp³-hybridized carbons (Fsp3) is 0.167. The minimum atomic E-state index is 0.0982. The average Bonchev–Trinajstić information content (AvgIpc) is 2.39. The maximum Gasteiger partial charge on any atom is 0.161 e. The van der Waals surface area contributed by atoms with E-state index in [-0.39, 0.29) is 5.75 Å². The van der Waals surface area contributed by atoms with Crippen LogP contribution in [0.25, 0.3) is 11.4 Å². The summed E-state index contributed by atoms with van der Waals surface area (Å²) in [4.78, 5) is 8.48. The fourth-order valence-electron chi connectivity index (χ4n) is 1.45. The summed E-state index contributed by atoms with van der Waals surface area (Å²) in [5.41, 5.74) is 0.789. The predicted molar refractivity (Wildman–Crippen MR) is 65.2 cm³/mol. The van der Waals surface area contributed by atoms with Crippen LogP contribution in [0.1, 0.15) is 0 Å². The van der Waals surface area contributed by atoms with Crippen molar-refractivity contribution in [2.75, 3.05) is 19.5 Å². The number of hydrogen-bond donors (Lipinski definition) is 2. The van der Waals surface area contributed by atoms with Gasteiger partial charge in [0.25, 0.3) is 0 Å². The molecule has 0 aliphatic carbocycles. The van der Waals surface area contributed by atoms with Crippen LogP contribution in [0.3, 0.4) is 0 Å². The monoisotopic (exact) mass is 231 g/mol. The molecule has 0 aliphatic heterocycles. The van der Waals surface area contributed by atoms with Crippen LogP contribution < -0.4 is 10.1 Å². The Balaban J connectivity index is 2.45. The van der Waals surface area contributed by atoms with E-state index in [1.165, 1.54) is 7.11 Å². The Hall–Kier alpha value is -2.30. The van der Waals surface area contributed by atoms with Crippen molar-refractivity contribution in [3.8, 4) is 22.9 Å². The highest BCUT2D eigenvalue weighted by atomic mass is 16.5. The highest BCUT2D eigenvalue weighted by Crippen LogP contribution is 2.30. The Morgan fingerprint density at radius 1 is 1.29 bits per heavy atom. The molecule has 0 unspecified atom stereocenters. The third-order valence-corrected chi connectivity index (χ3v) is 2.35. The topological polar surface area (TPSA) is 67.3 Å². The Bertz CT molecular complexity index is 529. The normalized spacial score (nSPS) is 10.0. The number of hydrogen-bond acceptors (Lipinski definition) is 5. The average molecular weight is 231 g/mol. The number of aromatic nitrogens is 2. The molecule has 5 nitrogen and oxygen atoms in total. The van der Waals surface area contributed by atoms with E-state index in [1.54, 1.807) is 37.5 Å². The number of methoxy groups -OCH3 is 1. The molecule has 0 radical (unpaired) electrons. The number of benzene rings is 1. The molecule has 0 aliphatic rings. The van der Waals surface area contributed by atoms with Crippen LogP contribution in [0.15, 0.2) is 30.5 Å². The second-order valence-electron chi connectivity index (χ2n) is 3.40. The molecule has 0 saturated carbocycles. The predicted octanol–water partition coefficient (Wildman–Crippen LogP) is 1.90. The third-order valence-electron chi connectivity index (χ3n) is 2.35. The van der Waals surface area contributed by atoms with Crippen LogP contribution in [0, 0.1) is 0 Å². The number of phenols is 1. The molecule has 2 aromatic rings. The van der Waals surface area contributed by atoms with Crippen molar-refractivity contribution in [3.63, 3.8) is 0 Å². The molecule has 88 valence electrons. The van der Waals surface area contributed by atoms with Gasteiger partial charge < -0.3 is 15.2 Å². The summed E-state index contributed by atoms with van der Waals surface area (Å²) in [5.74, 6) is 1.82. The number of ether oxygens (including phenoxy) is 1. The Morgan fingerprint density at radius 2 is 2.12 bits per heavy atom. The Kier molecular flexibility index (Phi) is 3.09. The molecule has 1 aromatic heterocycles. The highest BCUT2D eigenvalue weighted by molar-refractivity contribution is 5.61. The van der Waals surface area contributed by atoms with Gasteiger partial charge in [-0.2, -0.15) is 0 Å². The summed E-state index contributed by atoms with van der Waals surface area (Å²) in [7, 11) is 3.30. The maximum absolute atomic E-state index is 9.50. The first-order chi connectivity index (χ1) is 8.24. The van der Waals surface area contributed by atoms with E-state index in [9.17, 15) is 5.11 Å². The van der Waals surface area contributed by atoms with Crippen LogP contribution in [-0.4, -0.2) is 29.2 Å². The molecule has 0 fully saturated rings. The van der Waals surface area contributed by atoms with E-state index in [4.69, 9.17) is 4.74 Å². The summed E-state index contributed by atoms with van der Waals surface area (Å²) in [5, 5.41) is 12.4. The third kappa shape index (κ3) is 2.28. The molecule has 2 rings (SSSR count).